The van der Waals surface area contributed by atoms with Crippen molar-refractivity contribution in [3.05, 3.63) is 35.1 Å². The number of amides is 1. The summed E-state index contributed by atoms with van der Waals surface area (Å²) < 4.78 is 14.1. The fourth-order valence-corrected chi connectivity index (χ4v) is 3.69. The van der Waals surface area contributed by atoms with Gasteiger partial charge in [-0.3, -0.25) is 4.79 Å². The van der Waals surface area contributed by atoms with E-state index in [1.54, 1.807) is 6.07 Å². The van der Waals surface area contributed by atoms with E-state index in [4.69, 9.17) is 0 Å². The van der Waals surface area contributed by atoms with Gasteiger partial charge in [-0.1, -0.05) is 6.07 Å². The average molecular weight is 290 g/mol. The van der Waals surface area contributed by atoms with E-state index in [1.165, 1.54) is 12.5 Å². The molecule has 0 aromatic heterocycles. The Morgan fingerprint density at radius 2 is 2.19 bits per heavy atom. The summed E-state index contributed by atoms with van der Waals surface area (Å²) >= 11 is 0. The minimum absolute atomic E-state index is 0.138. The van der Waals surface area contributed by atoms with Crippen LogP contribution in [0, 0.1) is 18.7 Å². The lowest BCUT2D eigenvalue weighted by molar-refractivity contribution is 0.0666. The maximum Gasteiger partial charge on any atom is 0.257 e. The van der Waals surface area contributed by atoms with Crippen molar-refractivity contribution in [2.45, 2.75) is 38.6 Å². The molecule has 1 aromatic rings. The molecule has 0 aliphatic carbocycles. The van der Waals surface area contributed by atoms with Crippen molar-refractivity contribution >= 4 is 5.91 Å². The lowest BCUT2D eigenvalue weighted by Crippen LogP contribution is -2.45. The third-order valence-electron chi connectivity index (χ3n) is 4.79. The zero-order valence-electron chi connectivity index (χ0n) is 12.6. The van der Waals surface area contributed by atoms with Gasteiger partial charge in [0.1, 0.15) is 5.82 Å². The minimum atomic E-state index is -0.396. The van der Waals surface area contributed by atoms with Gasteiger partial charge < -0.3 is 10.2 Å². The van der Waals surface area contributed by atoms with E-state index in [1.807, 2.05) is 17.9 Å². The number of hydrogen-bond donors (Lipinski definition) is 1. The van der Waals surface area contributed by atoms with Crippen LogP contribution in [0.3, 0.4) is 0 Å². The molecule has 2 aliphatic rings. The Bertz CT molecular complexity index is 526. The van der Waals surface area contributed by atoms with Crippen molar-refractivity contribution in [1.82, 2.24) is 10.2 Å². The second kappa shape index (κ2) is 6.14. The summed E-state index contributed by atoms with van der Waals surface area (Å²) in [6.07, 6.45) is 4.41. The molecule has 2 saturated heterocycles. The average Bonchev–Trinajstić information content (AvgIpc) is 2.97. The molecule has 3 nitrogen and oxygen atoms in total. The molecular weight excluding hydrogens is 267 g/mol. The maximum atomic E-state index is 14.1. The monoisotopic (exact) mass is 290 g/mol. The number of carbonyl (C=O) groups excluding carboxylic acids is 1. The first-order chi connectivity index (χ1) is 10.2. The fourth-order valence-electron chi connectivity index (χ4n) is 3.69. The molecule has 0 saturated carbocycles. The first-order valence-corrected chi connectivity index (χ1v) is 7.94. The number of likely N-dealkylation sites (tertiary alicyclic amines) is 1. The van der Waals surface area contributed by atoms with E-state index in [2.05, 4.69) is 5.32 Å². The molecule has 0 radical (unpaired) electrons. The van der Waals surface area contributed by atoms with Crippen LogP contribution in [-0.2, 0) is 0 Å². The molecule has 4 heteroatoms. The number of rotatable bonds is 2. The van der Waals surface area contributed by atoms with Crippen LogP contribution in [0.15, 0.2) is 18.2 Å². The van der Waals surface area contributed by atoms with E-state index in [-0.39, 0.29) is 17.5 Å². The van der Waals surface area contributed by atoms with Gasteiger partial charge in [-0.15, -0.1) is 0 Å². The van der Waals surface area contributed by atoms with Crippen LogP contribution in [-0.4, -0.2) is 36.5 Å². The quantitative estimate of drug-likeness (QED) is 0.908. The smallest absolute Gasteiger partial charge is 0.257 e. The topological polar surface area (TPSA) is 32.3 Å². The molecule has 114 valence electrons. The van der Waals surface area contributed by atoms with Gasteiger partial charge in [-0.25, -0.2) is 4.39 Å². The van der Waals surface area contributed by atoms with E-state index in [0.717, 1.165) is 44.5 Å². The molecule has 2 heterocycles. The molecule has 21 heavy (non-hydrogen) atoms. The predicted molar refractivity (Wildman–Crippen MR) is 80.8 cm³/mol. The van der Waals surface area contributed by atoms with Crippen molar-refractivity contribution in [2.24, 2.45) is 5.92 Å². The van der Waals surface area contributed by atoms with Gasteiger partial charge in [0.05, 0.1) is 5.56 Å². The van der Waals surface area contributed by atoms with Crippen LogP contribution in [0.5, 0.6) is 0 Å². The highest BCUT2D eigenvalue weighted by molar-refractivity contribution is 5.95. The SMILES string of the molecule is Cc1ccc(C(=O)N2CCCC2C2CCCNC2)c(F)c1. The molecule has 2 fully saturated rings. The van der Waals surface area contributed by atoms with Crippen LogP contribution in [0.2, 0.25) is 0 Å². The summed E-state index contributed by atoms with van der Waals surface area (Å²) in [5.74, 6) is -0.0216. The Hall–Kier alpha value is -1.42. The number of nitrogens with zero attached hydrogens (tertiary/aromatic N) is 1. The first-order valence-electron chi connectivity index (χ1n) is 7.94. The van der Waals surface area contributed by atoms with E-state index < -0.39 is 5.82 Å². The van der Waals surface area contributed by atoms with Crippen LogP contribution < -0.4 is 5.32 Å². The van der Waals surface area contributed by atoms with Crippen molar-refractivity contribution in [3.63, 3.8) is 0 Å². The normalized spacial score (nSPS) is 26.1. The lowest BCUT2D eigenvalue weighted by Gasteiger charge is -2.34. The van der Waals surface area contributed by atoms with Gasteiger partial charge in [0.15, 0.2) is 0 Å². The second-order valence-corrected chi connectivity index (χ2v) is 6.30. The van der Waals surface area contributed by atoms with Crippen molar-refractivity contribution < 1.29 is 9.18 Å². The molecular formula is C17H23FN2O. The van der Waals surface area contributed by atoms with Crippen molar-refractivity contribution in [3.8, 4) is 0 Å². The summed E-state index contributed by atoms with van der Waals surface area (Å²) in [6, 6.07) is 5.15. The van der Waals surface area contributed by atoms with Gasteiger partial charge in [0.25, 0.3) is 5.91 Å². The molecule has 1 aromatic carbocycles. The number of nitrogens with one attached hydrogen (secondary N) is 1. The standard InChI is InChI=1S/C17H23FN2O/c1-12-6-7-14(15(18)10-12)17(21)20-9-3-5-16(20)13-4-2-8-19-11-13/h6-7,10,13,16,19H,2-5,8-9,11H2,1H3. The zero-order chi connectivity index (χ0) is 14.8. The van der Waals surface area contributed by atoms with Crippen LogP contribution in [0.25, 0.3) is 0 Å². The molecule has 0 spiro atoms. The van der Waals surface area contributed by atoms with Crippen molar-refractivity contribution in [1.29, 1.82) is 0 Å². The molecule has 3 rings (SSSR count). The largest absolute Gasteiger partial charge is 0.335 e. The summed E-state index contributed by atoms with van der Waals surface area (Å²) in [7, 11) is 0. The van der Waals surface area contributed by atoms with Gasteiger partial charge in [-0.05, 0) is 69.3 Å². The highest BCUT2D eigenvalue weighted by Gasteiger charge is 2.36. The Labute approximate surface area is 125 Å². The Morgan fingerprint density at radius 3 is 2.90 bits per heavy atom. The maximum absolute atomic E-state index is 14.1. The summed E-state index contributed by atoms with van der Waals surface area (Å²) in [5.41, 5.74) is 1.06. The molecule has 0 bridgehead atoms. The number of piperidine rings is 1. The number of halogens is 1. The van der Waals surface area contributed by atoms with Gasteiger partial charge in [0.2, 0.25) is 0 Å². The molecule has 1 N–H and O–H groups in total. The number of benzene rings is 1. The third-order valence-corrected chi connectivity index (χ3v) is 4.79. The highest BCUT2D eigenvalue weighted by atomic mass is 19.1. The number of hydrogen-bond acceptors (Lipinski definition) is 2. The summed E-state index contributed by atoms with van der Waals surface area (Å²) in [5, 5.41) is 3.42. The van der Waals surface area contributed by atoms with Crippen molar-refractivity contribution in [2.75, 3.05) is 19.6 Å². The Kier molecular flexibility index (Phi) is 4.24. The summed E-state index contributed by atoms with van der Waals surface area (Å²) in [6.45, 7) is 4.64. The van der Waals surface area contributed by atoms with E-state index >= 15 is 0 Å². The number of carbonyl (C=O) groups is 1. The fraction of sp³-hybridized carbons (Fsp3) is 0.588. The zero-order valence-corrected chi connectivity index (χ0v) is 12.6. The first kappa shape index (κ1) is 14.5. The van der Waals surface area contributed by atoms with Gasteiger partial charge in [-0.2, -0.15) is 0 Å². The molecule has 2 atom stereocenters. The van der Waals surface area contributed by atoms with Gasteiger partial charge in [0, 0.05) is 12.6 Å². The predicted octanol–water partition coefficient (Wildman–Crippen LogP) is 2.74. The molecule has 2 unspecified atom stereocenters. The van der Waals surface area contributed by atoms with E-state index in [9.17, 15) is 9.18 Å². The summed E-state index contributed by atoms with van der Waals surface area (Å²) in [4.78, 5) is 14.6. The van der Waals surface area contributed by atoms with E-state index in [0.29, 0.717) is 5.92 Å². The van der Waals surface area contributed by atoms with Crippen LogP contribution >= 0.6 is 0 Å². The minimum Gasteiger partial charge on any atom is -0.335 e. The number of aryl methyl sites for hydroxylation is 1. The second-order valence-electron chi connectivity index (χ2n) is 6.30. The lowest BCUT2D eigenvalue weighted by atomic mass is 9.90. The molecule has 2 aliphatic heterocycles. The van der Waals surface area contributed by atoms with Gasteiger partial charge >= 0.3 is 0 Å². The Morgan fingerprint density at radius 1 is 1.33 bits per heavy atom. The molecule has 1 amide bonds. The Balaban J connectivity index is 1.79. The van der Waals surface area contributed by atoms with Crippen LogP contribution in [0.1, 0.15) is 41.6 Å². The third kappa shape index (κ3) is 2.95. The highest BCUT2D eigenvalue weighted by Crippen LogP contribution is 2.30. The van der Waals surface area contributed by atoms with Crippen LogP contribution in [0.4, 0.5) is 4.39 Å².